The molecule has 0 aromatic carbocycles. The molecule has 0 N–H and O–H groups in total. The van der Waals surface area contributed by atoms with Gasteiger partial charge in [0.1, 0.15) is 0 Å². The van der Waals surface area contributed by atoms with E-state index in [9.17, 15) is 0 Å². The first-order chi connectivity index (χ1) is 4.31. The first-order valence-corrected chi connectivity index (χ1v) is 11.0. The number of hydrogen-bond acceptors (Lipinski definition) is 1. The quantitative estimate of drug-likeness (QED) is 0.641. The Labute approximate surface area is 81.5 Å². The molecule has 1 rings (SSSR count). The molecule has 47 valence electrons. The zero-order chi connectivity index (χ0) is 7.11. The Morgan fingerprint density at radius 1 is 1.67 bits per heavy atom. The molecular weight excluding hydrogens is 276 g/mol. The Hall–Kier alpha value is 1.43. The van der Waals surface area contributed by atoms with Gasteiger partial charge < -0.3 is 0 Å². The Bertz CT molecular complexity index is 130. The molecule has 1 aromatic heterocycles. The second kappa shape index (κ2) is 7.53. The van der Waals surface area contributed by atoms with Crippen molar-refractivity contribution in [3.63, 3.8) is 0 Å². The third-order valence-electron chi connectivity index (χ3n) is 0.606. The van der Waals surface area contributed by atoms with Crippen LogP contribution >= 0.6 is 37.1 Å². The van der Waals surface area contributed by atoms with Crippen molar-refractivity contribution in [3.8, 4) is 0 Å². The van der Waals surface area contributed by atoms with Crippen molar-refractivity contribution < 1.29 is 0 Å². The van der Waals surface area contributed by atoms with Crippen LogP contribution in [-0.4, -0.2) is 16.0 Å². The summed E-state index contributed by atoms with van der Waals surface area (Å²) in [5.41, 5.74) is 1.24. The molecule has 0 saturated carbocycles. The van der Waals surface area contributed by atoms with E-state index in [-0.39, 0.29) is 16.0 Å². The molecule has 0 saturated heterocycles. The maximum Gasteiger partial charge on any atom is 0.560 e. The Balaban J connectivity index is 0.000000187. The maximum absolute atomic E-state index is 3.20. The Morgan fingerprint density at radius 2 is 2.22 bits per heavy atom. The minimum atomic E-state index is 0.0417. The fourth-order valence-corrected chi connectivity index (χ4v) is 0.891. The van der Waals surface area contributed by atoms with E-state index in [2.05, 4.69) is 31.1 Å². The van der Waals surface area contributed by atoms with Crippen molar-refractivity contribution in [1.29, 1.82) is 0 Å². The van der Waals surface area contributed by atoms with Crippen LogP contribution in [0.15, 0.2) is 11.4 Å². The van der Waals surface area contributed by atoms with Gasteiger partial charge in [-0.25, -0.2) is 0 Å². The average molecular weight is 281 g/mol. The second-order valence-electron chi connectivity index (χ2n) is 1.31. The first kappa shape index (κ1) is 10.4. The molecular formula is C5H5Br2MgS. The molecule has 0 aliphatic heterocycles. The summed E-state index contributed by atoms with van der Waals surface area (Å²) < 4.78 is 0. The van der Waals surface area contributed by atoms with Gasteiger partial charge in [-0.2, -0.15) is 0 Å². The second-order valence-corrected chi connectivity index (χ2v) is 10.1. The molecule has 1 heterocycles. The largest absolute Gasteiger partial charge is 0.560 e. The molecule has 0 unspecified atom stereocenters. The minimum Gasteiger partial charge on any atom is -0.280 e. The molecule has 4 heteroatoms. The maximum atomic E-state index is 3.20. The van der Waals surface area contributed by atoms with Crippen LogP contribution in [0.1, 0.15) is 5.56 Å². The highest BCUT2D eigenvalue weighted by Crippen LogP contribution is 2.00. The average Bonchev–Trinajstić information content (AvgIpc) is 2.20. The van der Waals surface area contributed by atoms with Crippen LogP contribution in [0.5, 0.6) is 0 Å². The van der Waals surface area contributed by atoms with Crippen LogP contribution in [0.4, 0.5) is 0 Å². The van der Waals surface area contributed by atoms with Gasteiger partial charge in [0.15, 0.2) is 0 Å². The lowest BCUT2D eigenvalue weighted by Crippen LogP contribution is -1.49. The number of halogens is 2. The fourth-order valence-electron chi connectivity index (χ4n) is 0.297. The smallest absolute Gasteiger partial charge is 0.280 e. The highest BCUT2D eigenvalue weighted by molar-refractivity contribution is 9.47. The van der Waals surface area contributed by atoms with Crippen molar-refractivity contribution in [1.82, 2.24) is 0 Å². The molecule has 0 atom stereocenters. The Morgan fingerprint density at radius 3 is 2.33 bits per heavy atom. The molecule has 0 aliphatic carbocycles. The topological polar surface area (TPSA) is 0 Å². The normalized spacial score (nSPS) is 7.00. The van der Waals surface area contributed by atoms with Crippen LogP contribution in [-0.2, 0) is 0 Å². The molecule has 0 amide bonds. The van der Waals surface area contributed by atoms with Crippen molar-refractivity contribution in [3.05, 3.63) is 22.4 Å². The molecule has 0 bridgehead atoms. The molecule has 0 aliphatic rings. The fraction of sp³-hybridized carbons (Fsp3) is 0.200. The van der Waals surface area contributed by atoms with Gasteiger partial charge >= 0.3 is 16.0 Å². The minimum absolute atomic E-state index is 0.0417. The molecule has 0 fully saturated rings. The predicted octanol–water partition coefficient (Wildman–Crippen LogP) is 3.17. The Kier molecular flexibility index (Phi) is 8.73. The van der Waals surface area contributed by atoms with Crippen LogP contribution in [0.2, 0.25) is 0 Å². The van der Waals surface area contributed by atoms with Gasteiger partial charge in [-0.3, -0.25) is 25.8 Å². The molecule has 0 nitrogen and oxygen atoms in total. The number of thiophene rings is 1. The van der Waals surface area contributed by atoms with Gasteiger partial charge in [0.2, 0.25) is 0 Å². The molecule has 1 aromatic rings. The summed E-state index contributed by atoms with van der Waals surface area (Å²) >= 11 is 8.06. The monoisotopic (exact) mass is 279 g/mol. The third-order valence-corrected chi connectivity index (χ3v) is 1.32. The summed E-state index contributed by atoms with van der Waals surface area (Å²) in [6.07, 6.45) is 0. The number of hydrogen-bond donors (Lipinski definition) is 0. The predicted molar refractivity (Wildman–Crippen MR) is 51.5 cm³/mol. The van der Waals surface area contributed by atoms with Crippen LogP contribution in [0, 0.1) is 12.3 Å². The van der Waals surface area contributed by atoms with Gasteiger partial charge in [0, 0.05) is 5.38 Å². The summed E-state index contributed by atoms with van der Waals surface area (Å²) in [4.78, 5) is 0. The molecule has 9 heavy (non-hydrogen) atoms. The van der Waals surface area contributed by atoms with Crippen molar-refractivity contribution in [2.24, 2.45) is 0 Å². The zero-order valence-electron chi connectivity index (χ0n) is 5.03. The van der Waals surface area contributed by atoms with E-state index in [1.54, 1.807) is 11.3 Å². The first-order valence-electron chi connectivity index (χ1n) is 2.35. The summed E-state index contributed by atoms with van der Waals surface area (Å²) in [7, 11) is 0. The van der Waals surface area contributed by atoms with Crippen molar-refractivity contribution >= 4 is 53.1 Å². The van der Waals surface area contributed by atoms with Crippen LogP contribution in [0.25, 0.3) is 0 Å². The van der Waals surface area contributed by atoms with E-state index in [4.69, 9.17) is 0 Å². The zero-order valence-corrected chi connectivity index (χ0v) is 10.4. The lowest BCUT2D eigenvalue weighted by atomic mass is 10.4. The van der Waals surface area contributed by atoms with E-state index >= 15 is 0 Å². The van der Waals surface area contributed by atoms with E-state index in [0.29, 0.717) is 0 Å². The highest BCUT2D eigenvalue weighted by atomic mass is 79.9. The summed E-state index contributed by atoms with van der Waals surface area (Å²) in [6, 6.07) is 2.05. The van der Waals surface area contributed by atoms with Crippen molar-refractivity contribution in [2.45, 2.75) is 6.92 Å². The van der Waals surface area contributed by atoms with E-state index in [1.807, 2.05) is 18.4 Å². The molecule has 1 radical (unpaired) electrons. The SMILES string of the molecule is Cc1[c]scc1.[Br][Mg][Br]. The highest BCUT2D eigenvalue weighted by Gasteiger charge is 1.75. The van der Waals surface area contributed by atoms with Gasteiger partial charge in [0.05, 0.1) is 0 Å². The van der Waals surface area contributed by atoms with Crippen molar-refractivity contribution in [2.75, 3.05) is 0 Å². The third kappa shape index (κ3) is 7.32. The summed E-state index contributed by atoms with van der Waals surface area (Å²) in [5.74, 6) is 0. The van der Waals surface area contributed by atoms with E-state index in [0.717, 1.165) is 0 Å². The standard InChI is InChI=1S/C5H5S.2BrH.Mg/c1-5-2-3-6-4-5;;;/h2-3H,1H3;2*1H;/q;;;+2/p-2. The van der Waals surface area contributed by atoms with E-state index < -0.39 is 0 Å². The summed E-state index contributed by atoms with van der Waals surface area (Å²) in [6.45, 7) is 2.04. The van der Waals surface area contributed by atoms with Crippen LogP contribution in [0.3, 0.4) is 0 Å². The summed E-state index contributed by atoms with van der Waals surface area (Å²) in [5, 5.41) is 5.06. The van der Waals surface area contributed by atoms with Gasteiger partial charge in [0.25, 0.3) is 0 Å². The van der Waals surface area contributed by atoms with Gasteiger partial charge in [-0.05, 0) is 23.9 Å². The lowest BCUT2D eigenvalue weighted by Gasteiger charge is -1.64. The lowest BCUT2D eigenvalue weighted by molar-refractivity contribution is 1.55. The van der Waals surface area contributed by atoms with E-state index in [1.165, 1.54) is 5.56 Å². The number of aryl methyl sites for hydroxylation is 1. The van der Waals surface area contributed by atoms with Gasteiger partial charge in [-0.1, -0.05) is 0 Å². The van der Waals surface area contributed by atoms with Crippen LogP contribution < -0.4 is 0 Å². The molecule has 0 spiro atoms. The van der Waals surface area contributed by atoms with Gasteiger partial charge in [-0.15, -0.1) is 11.3 Å². The number of rotatable bonds is 0.